The molecule has 0 radical (unpaired) electrons. The van der Waals surface area contributed by atoms with Gasteiger partial charge in [0, 0.05) is 6.20 Å². The Morgan fingerprint density at radius 3 is 2.75 bits per heavy atom. The molecule has 4 heteroatoms. The van der Waals surface area contributed by atoms with Gasteiger partial charge in [-0.1, -0.05) is 19.1 Å². The van der Waals surface area contributed by atoms with E-state index in [4.69, 9.17) is 5.11 Å². The molecule has 0 spiro atoms. The molecular weight excluding hydrogens is 154 g/mol. The average molecular weight is 169 g/mol. The molecular formula is C8H15N3O. The Morgan fingerprint density at radius 2 is 2.33 bits per heavy atom. The summed E-state index contributed by atoms with van der Waals surface area (Å²) in [5.41, 5.74) is 0.974. The largest absolute Gasteiger partial charge is 0.394 e. The van der Waals surface area contributed by atoms with Crippen molar-refractivity contribution in [2.45, 2.75) is 32.7 Å². The van der Waals surface area contributed by atoms with Gasteiger partial charge in [0.1, 0.15) is 0 Å². The van der Waals surface area contributed by atoms with E-state index in [0.717, 1.165) is 18.5 Å². The first-order chi connectivity index (χ1) is 5.81. The van der Waals surface area contributed by atoms with E-state index in [1.54, 1.807) is 4.68 Å². The molecule has 0 aliphatic rings. The van der Waals surface area contributed by atoms with Gasteiger partial charge in [0.2, 0.25) is 0 Å². The molecule has 0 aliphatic carbocycles. The number of aliphatic hydroxyl groups is 1. The molecule has 0 bridgehead atoms. The third kappa shape index (κ3) is 1.82. The van der Waals surface area contributed by atoms with Gasteiger partial charge in [0.15, 0.2) is 0 Å². The van der Waals surface area contributed by atoms with Gasteiger partial charge in [-0.3, -0.25) is 0 Å². The number of aromatic nitrogens is 3. The molecule has 0 aromatic carbocycles. The fourth-order valence-corrected chi connectivity index (χ4v) is 1.05. The standard InChI is InChI=1S/C8H15N3O/c1-3-7-5-11(10-9-7)8(4-2)6-12/h5,8,12H,3-4,6H2,1-2H3. The molecule has 12 heavy (non-hydrogen) atoms. The van der Waals surface area contributed by atoms with Crippen molar-refractivity contribution >= 4 is 0 Å². The molecule has 0 saturated carbocycles. The van der Waals surface area contributed by atoms with E-state index in [9.17, 15) is 0 Å². The lowest BCUT2D eigenvalue weighted by atomic mass is 10.2. The Balaban J connectivity index is 2.72. The minimum Gasteiger partial charge on any atom is -0.394 e. The van der Waals surface area contributed by atoms with Crippen LogP contribution in [0.15, 0.2) is 6.20 Å². The quantitative estimate of drug-likeness (QED) is 0.724. The molecule has 1 aromatic heterocycles. The molecule has 0 aliphatic heterocycles. The Morgan fingerprint density at radius 1 is 1.58 bits per heavy atom. The first-order valence-electron chi connectivity index (χ1n) is 4.33. The van der Waals surface area contributed by atoms with Gasteiger partial charge >= 0.3 is 0 Å². The lowest BCUT2D eigenvalue weighted by molar-refractivity contribution is 0.213. The van der Waals surface area contributed by atoms with E-state index in [0.29, 0.717) is 0 Å². The normalized spacial score (nSPS) is 13.2. The lowest BCUT2D eigenvalue weighted by Gasteiger charge is -2.09. The van der Waals surface area contributed by atoms with Crippen molar-refractivity contribution in [2.75, 3.05) is 6.61 Å². The van der Waals surface area contributed by atoms with Crippen LogP contribution in [-0.4, -0.2) is 26.7 Å². The average Bonchev–Trinajstić information content (AvgIpc) is 2.55. The second-order valence-corrected chi connectivity index (χ2v) is 2.79. The molecule has 1 atom stereocenters. The highest BCUT2D eigenvalue weighted by Gasteiger charge is 2.08. The maximum absolute atomic E-state index is 8.97. The van der Waals surface area contributed by atoms with Crippen LogP contribution in [0.2, 0.25) is 0 Å². The van der Waals surface area contributed by atoms with Crippen LogP contribution in [0.4, 0.5) is 0 Å². The van der Waals surface area contributed by atoms with Gasteiger partial charge in [-0.05, 0) is 12.8 Å². The van der Waals surface area contributed by atoms with Crippen molar-refractivity contribution in [1.82, 2.24) is 15.0 Å². The Bertz CT molecular complexity index is 230. The molecule has 68 valence electrons. The Labute approximate surface area is 72.2 Å². The summed E-state index contributed by atoms with van der Waals surface area (Å²) in [5, 5.41) is 16.9. The van der Waals surface area contributed by atoms with E-state index in [1.165, 1.54) is 0 Å². The SMILES string of the molecule is CCc1cn(C(CC)CO)nn1. The van der Waals surface area contributed by atoms with E-state index in [-0.39, 0.29) is 12.6 Å². The summed E-state index contributed by atoms with van der Waals surface area (Å²) >= 11 is 0. The summed E-state index contributed by atoms with van der Waals surface area (Å²) in [5.74, 6) is 0. The lowest BCUT2D eigenvalue weighted by Crippen LogP contribution is -2.12. The van der Waals surface area contributed by atoms with Crippen LogP contribution in [0.3, 0.4) is 0 Å². The van der Waals surface area contributed by atoms with Gasteiger partial charge < -0.3 is 5.11 Å². The van der Waals surface area contributed by atoms with E-state index in [1.807, 2.05) is 20.0 Å². The van der Waals surface area contributed by atoms with Crippen molar-refractivity contribution in [3.8, 4) is 0 Å². The summed E-state index contributed by atoms with van der Waals surface area (Å²) in [6, 6.07) is 0.0813. The summed E-state index contributed by atoms with van der Waals surface area (Å²) in [6.07, 6.45) is 3.66. The summed E-state index contributed by atoms with van der Waals surface area (Å²) in [4.78, 5) is 0. The van der Waals surface area contributed by atoms with Crippen LogP contribution in [0.5, 0.6) is 0 Å². The number of aryl methyl sites for hydroxylation is 1. The molecule has 1 unspecified atom stereocenters. The number of rotatable bonds is 4. The van der Waals surface area contributed by atoms with Crippen molar-refractivity contribution in [2.24, 2.45) is 0 Å². The van der Waals surface area contributed by atoms with Crippen LogP contribution in [0, 0.1) is 0 Å². The zero-order valence-corrected chi connectivity index (χ0v) is 7.56. The second-order valence-electron chi connectivity index (χ2n) is 2.79. The predicted molar refractivity (Wildman–Crippen MR) is 45.8 cm³/mol. The first-order valence-corrected chi connectivity index (χ1v) is 4.33. The molecule has 0 saturated heterocycles. The highest BCUT2D eigenvalue weighted by Crippen LogP contribution is 2.08. The fraction of sp³-hybridized carbons (Fsp3) is 0.750. The molecule has 0 amide bonds. The van der Waals surface area contributed by atoms with Crippen molar-refractivity contribution in [1.29, 1.82) is 0 Å². The first kappa shape index (κ1) is 9.19. The zero-order chi connectivity index (χ0) is 8.97. The smallest absolute Gasteiger partial charge is 0.0824 e. The van der Waals surface area contributed by atoms with Crippen LogP contribution >= 0.6 is 0 Å². The minimum absolute atomic E-state index is 0.0813. The van der Waals surface area contributed by atoms with E-state index < -0.39 is 0 Å². The Kier molecular flexibility index (Phi) is 3.22. The fourth-order valence-electron chi connectivity index (χ4n) is 1.05. The van der Waals surface area contributed by atoms with Crippen LogP contribution in [-0.2, 0) is 6.42 Å². The van der Waals surface area contributed by atoms with Gasteiger partial charge in [-0.2, -0.15) is 0 Å². The molecule has 1 heterocycles. The second kappa shape index (κ2) is 4.21. The maximum Gasteiger partial charge on any atom is 0.0824 e. The monoisotopic (exact) mass is 169 g/mol. The van der Waals surface area contributed by atoms with Gasteiger partial charge in [-0.25, -0.2) is 4.68 Å². The number of aliphatic hydroxyl groups excluding tert-OH is 1. The maximum atomic E-state index is 8.97. The molecule has 1 aromatic rings. The van der Waals surface area contributed by atoms with Crippen molar-refractivity contribution in [3.05, 3.63) is 11.9 Å². The highest BCUT2D eigenvalue weighted by molar-refractivity contribution is 4.92. The third-order valence-corrected chi connectivity index (χ3v) is 1.98. The summed E-state index contributed by atoms with van der Waals surface area (Å²) in [7, 11) is 0. The molecule has 1 N–H and O–H groups in total. The zero-order valence-electron chi connectivity index (χ0n) is 7.56. The van der Waals surface area contributed by atoms with E-state index >= 15 is 0 Å². The molecule has 0 fully saturated rings. The number of hydrogen-bond acceptors (Lipinski definition) is 3. The predicted octanol–water partition coefficient (Wildman–Crippen LogP) is 0.784. The van der Waals surface area contributed by atoms with Crippen LogP contribution < -0.4 is 0 Å². The minimum atomic E-state index is 0.0813. The van der Waals surface area contributed by atoms with Crippen molar-refractivity contribution in [3.63, 3.8) is 0 Å². The number of hydrogen-bond donors (Lipinski definition) is 1. The van der Waals surface area contributed by atoms with E-state index in [2.05, 4.69) is 10.3 Å². The number of nitrogens with zero attached hydrogens (tertiary/aromatic N) is 3. The van der Waals surface area contributed by atoms with Gasteiger partial charge in [-0.15, -0.1) is 5.10 Å². The van der Waals surface area contributed by atoms with Gasteiger partial charge in [0.05, 0.1) is 18.3 Å². The third-order valence-electron chi connectivity index (χ3n) is 1.98. The topological polar surface area (TPSA) is 50.9 Å². The summed E-state index contributed by atoms with van der Waals surface area (Å²) < 4.78 is 1.73. The summed E-state index contributed by atoms with van der Waals surface area (Å²) in [6.45, 7) is 4.19. The van der Waals surface area contributed by atoms with Crippen LogP contribution in [0.1, 0.15) is 32.0 Å². The van der Waals surface area contributed by atoms with Crippen LogP contribution in [0.25, 0.3) is 0 Å². The Hall–Kier alpha value is -0.900. The molecule has 4 nitrogen and oxygen atoms in total. The molecule has 1 rings (SSSR count). The highest BCUT2D eigenvalue weighted by atomic mass is 16.3. The van der Waals surface area contributed by atoms with Crippen molar-refractivity contribution < 1.29 is 5.11 Å². The van der Waals surface area contributed by atoms with Gasteiger partial charge in [0.25, 0.3) is 0 Å².